The highest BCUT2D eigenvalue weighted by molar-refractivity contribution is 6.30. The van der Waals surface area contributed by atoms with E-state index in [-0.39, 0.29) is 16.5 Å². The third-order valence-corrected chi connectivity index (χ3v) is 5.34. The van der Waals surface area contributed by atoms with Crippen molar-refractivity contribution in [3.63, 3.8) is 0 Å². The van der Waals surface area contributed by atoms with Crippen LogP contribution < -0.4 is 5.56 Å². The molecule has 3 aromatic rings. The van der Waals surface area contributed by atoms with Crippen LogP contribution in [0.2, 0.25) is 5.02 Å². The molecule has 6 heteroatoms. The first-order valence-corrected chi connectivity index (χ1v) is 8.90. The van der Waals surface area contributed by atoms with Crippen LogP contribution in [0.3, 0.4) is 0 Å². The third-order valence-electron chi connectivity index (χ3n) is 5.05. The first kappa shape index (κ1) is 16.3. The second-order valence-corrected chi connectivity index (χ2v) is 7.07. The number of nitrogens with zero attached hydrogens (tertiary/aromatic N) is 3. The Morgan fingerprint density at radius 3 is 2.76 bits per heavy atom. The van der Waals surface area contributed by atoms with Crippen LogP contribution in [0.15, 0.2) is 35.3 Å². The zero-order valence-electron chi connectivity index (χ0n) is 14.2. The number of fused-ring (bicyclic) bond motifs is 1. The second kappa shape index (κ2) is 5.99. The Kier molecular flexibility index (Phi) is 3.91. The van der Waals surface area contributed by atoms with Crippen molar-refractivity contribution in [3.05, 3.63) is 62.9 Å². The maximum absolute atomic E-state index is 13.6. The molecule has 0 aliphatic heterocycles. The van der Waals surface area contributed by atoms with Gasteiger partial charge < -0.3 is 4.57 Å². The molecule has 0 N–H and O–H groups in total. The highest BCUT2D eigenvalue weighted by atomic mass is 35.5. The van der Waals surface area contributed by atoms with Gasteiger partial charge in [0.2, 0.25) is 0 Å². The number of benzene rings is 1. The zero-order valence-corrected chi connectivity index (χ0v) is 14.9. The van der Waals surface area contributed by atoms with E-state index in [0.717, 1.165) is 29.5 Å². The van der Waals surface area contributed by atoms with Crippen molar-refractivity contribution in [2.75, 3.05) is 0 Å². The molecule has 0 saturated heterocycles. The van der Waals surface area contributed by atoms with Crippen LogP contribution in [0, 0.1) is 11.7 Å². The fraction of sp³-hybridized carbons (Fsp3) is 0.368. The van der Waals surface area contributed by atoms with Gasteiger partial charge in [0.1, 0.15) is 5.82 Å². The van der Waals surface area contributed by atoms with Crippen LogP contribution >= 0.6 is 11.6 Å². The molecule has 2 heterocycles. The Morgan fingerprint density at radius 1 is 1.36 bits per heavy atom. The molecule has 0 bridgehead atoms. The Hall–Kier alpha value is -2.14. The molecule has 1 aliphatic rings. The summed E-state index contributed by atoms with van der Waals surface area (Å²) in [6.45, 7) is 2.55. The van der Waals surface area contributed by atoms with E-state index in [1.807, 2.05) is 26.2 Å². The van der Waals surface area contributed by atoms with Crippen molar-refractivity contribution in [3.8, 4) is 0 Å². The van der Waals surface area contributed by atoms with Crippen LogP contribution in [-0.2, 0) is 13.6 Å². The van der Waals surface area contributed by atoms with E-state index >= 15 is 0 Å². The number of hydrogen-bond acceptors (Lipinski definition) is 2. The summed E-state index contributed by atoms with van der Waals surface area (Å²) in [6, 6.07) is 6.86. The first-order valence-electron chi connectivity index (χ1n) is 8.52. The quantitative estimate of drug-likeness (QED) is 0.704. The van der Waals surface area contributed by atoms with Gasteiger partial charge in [0.25, 0.3) is 5.56 Å². The predicted molar refractivity (Wildman–Crippen MR) is 96.6 cm³/mol. The van der Waals surface area contributed by atoms with Gasteiger partial charge in [0, 0.05) is 31.1 Å². The minimum absolute atomic E-state index is 0.0602. The zero-order chi connectivity index (χ0) is 17.7. The van der Waals surface area contributed by atoms with Crippen molar-refractivity contribution in [2.24, 2.45) is 13.0 Å². The lowest BCUT2D eigenvalue weighted by Crippen LogP contribution is -2.18. The molecule has 0 amide bonds. The first-order chi connectivity index (χ1) is 12.0. The molecular formula is C19H19ClFN3O. The fourth-order valence-corrected chi connectivity index (χ4v) is 3.84. The lowest BCUT2D eigenvalue weighted by molar-refractivity contribution is 0.608. The number of halogens is 2. The van der Waals surface area contributed by atoms with E-state index in [9.17, 15) is 9.18 Å². The van der Waals surface area contributed by atoms with E-state index in [0.29, 0.717) is 18.0 Å². The lowest BCUT2D eigenvalue weighted by atomic mass is 9.89. The topological polar surface area (TPSA) is 39.8 Å². The van der Waals surface area contributed by atoms with Crippen molar-refractivity contribution in [1.82, 2.24) is 14.3 Å². The Balaban J connectivity index is 1.94. The van der Waals surface area contributed by atoms with Crippen LogP contribution in [0.4, 0.5) is 4.39 Å². The molecule has 4 nitrogen and oxygen atoms in total. The highest BCUT2D eigenvalue weighted by Gasteiger charge is 2.37. The van der Waals surface area contributed by atoms with Crippen molar-refractivity contribution in [1.29, 1.82) is 0 Å². The van der Waals surface area contributed by atoms with Crippen LogP contribution in [0.1, 0.15) is 36.9 Å². The summed E-state index contributed by atoms with van der Waals surface area (Å²) in [6.07, 6.45) is 4.04. The van der Waals surface area contributed by atoms with Gasteiger partial charge in [-0.2, -0.15) is 5.10 Å². The van der Waals surface area contributed by atoms with Gasteiger partial charge >= 0.3 is 0 Å². The van der Waals surface area contributed by atoms with Gasteiger partial charge in [-0.15, -0.1) is 0 Å². The van der Waals surface area contributed by atoms with Crippen molar-refractivity contribution < 1.29 is 4.39 Å². The van der Waals surface area contributed by atoms with Crippen LogP contribution in [-0.4, -0.2) is 14.3 Å². The monoisotopic (exact) mass is 359 g/mol. The highest BCUT2D eigenvalue weighted by Crippen LogP contribution is 2.48. The van der Waals surface area contributed by atoms with Crippen molar-refractivity contribution in [2.45, 2.75) is 32.2 Å². The third kappa shape index (κ3) is 2.67. The number of rotatable bonds is 4. The summed E-state index contributed by atoms with van der Waals surface area (Å²) < 4.78 is 17.0. The summed E-state index contributed by atoms with van der Waals surface area (Å²) in [5.74, 6) is 0.111. The molecule has 0 radical (unpaired) electrons. The molecule has 4 rings (SSSR count). The Labute approximate surface area is 149 Å². The van der Waals surface area contributed by atoms with E-state index in [1.165, 1.54) is 6.07 Å². The van der Waals surface area contributed by atoms with E-state index < -0.39 is 5.82 Å². The number of aromatic nitrogens is 3. The number of hydrogen-bond donors (Lipinski definition) is 0. The number of pyridine rings is 1. The lowest BCUT2D eigenvalue weighted by Gasteiger charge is -2.18. The van der Waals surface area contributed by atoms with Gasteiger partial charge in [-0.05, 0) is 49.4 Å². The standard InChI is InChI=1S/C19H19ClFN3O/c1-3-24-9-8-13-17(19(24)25)22-23(2)18(13)16(11-4-5-11)12-6-7-15(21)14(20)10-12/h6-11,16H,3-5H2,1-2H3. The molecule has 1 aliphatic carbocycles. The summed E-state index contributed by atoms with van der Waals surface area (Å²) in [4.78, 5) is 12.6. The fourth-order valence-electron chi connectivity index (χ4n) is 3.65. The average molecular weight is 360 g/mol. The molecule has 130 valence electrons. The van der Waals surface area contributed by atoms with Crippen LogP contribution in [0.5, 0.6) is 0 Å². The smallest absolute Gasteiger partial charge is 0.278 e. The average Bonchev–Trinajstić information content (AvgIpc) is 3.36. The van der Waals surface area contributed by atoms with Crippen molar-refractivity contribution >= 4 is 22.5 Å². The normalized spacial score (nSPS) is 15.7. The molecule has 25 heavy (non-hydrogen) atoms. The van der Waals surface area contributed by atoms with E-state index in [2.05, 4.69) is 5.10 Å². The molecule has 1 saturated carbocycles. The molecule has 1 unspecified atom stereocenters. The number of aryl methyl sites for hydroxylation is 2. The molecule has 1 aromatic carbocycles. The van der Waals surface area contributed by atoms with Gasteiger partial charge in [0.15, 0.2) is 5.52 Å². The van der Waals surface area contributed by atoms with Gasteiger partial charge in [0.05, 0.1) is 10.7 Å². The summed E-state index contributed by atoms with van der Waals surface area (Å²) in [5, 5.41) is 5.49. The van der Waals surface area contributed by atoms with Gasteiger partial charge in [-0.3, -0.25) is 9.48 Å². The molecule has 2 aromatic heterocycles. The summed E-state index contributed by atoms with van der Waals surface area (Å²) in [5.41, 5.74) is 2.38. The van der Waals surface area contributed by atoms with Crippen LogP contribution in [0.25, 0.3) is 10.9 Å². The maximum Gasteiger partial charge on any atom is 0.278 e. The summed E-state index contributed by atoms with van der Waals surface area (Å²) in [7, 11) is 1.87. The predicted octanol–water partition coefficient (Wildman–Crippen LogP) is 4.09. The molecule has 1 atom stereocenters. The second-order valence-electron chi connectivity index (χ2n) is 6.67. The molecular weight excluding hydrogens is 341 g/mol. The van der Waals surface area contributed by atoms with E-state index in [4.69, 9.17) is 11.6 Å². The van der Waals surface area contributed by atoms with Gasteiger partial charge in [-0.1, -0.05) is 17.7 Å². The summed E-state index contributed by atoms with van der Waals surface area (Å²) >= 11 is 6.02. The SMILES string of the molecule is CCn1ccc2c(C(c3ccc(F)c(Cl)c3)C3CC3)n(C)nc2c1=O. The largest absolute Gasteiger partial charge is 0.314 e. The minimum atomic E-state index is -0.416. The van der Waals surface area contributed by atoms with Gasteiger partial charge in [-0.25, -0.2) is 4.39 Å². The molecule has 1 fully saturated rings. The minimum Gasteiger partial charge on any atom is -0.314 e. The molecule has 0 spiro atoms. The van der Waals surface area contributed by atoms with E-state index in [1.54, 1.807) is 21.4 Å². The Morgan fingerprint density at radius 2 is 2.12 bits per heavy atom. The maximum atomic E-state index is 13.6. The Bertz CT molecular complexity index is 1020.